The molecule has 4 nitrogen and oxygen atoms in total. The van der Waals surface area contributed by atoms with Gasteiger partial charge in [-0.2, -0.15) is 13.2 Å². The highest BCUT2D eigenvalue weighted by atomic mass is 19.4. The van der Waals surface area contributed by atoms with Gasteiger partial charge in [-0.1, -0.05) is 176 Å². The molecule has 1 aliphatic rings. The van der Waals surface area contributed by atoms with E-state index in [0.29, 0.717) is 22.3 Å². The number of esters is 2. The minimum atomic E-state index is -5.17. The Balaban J connectivity index is 1.18. The number of benzene rings is 10. The number of fused-ring (bicyclic) bond motifs is 3. The van der Waals surface area contributed by atoms with E-state index in [0.717, 1.165) is 87.9 Å². The van der Waals surface area contributed by atoms with Gasteiger partial charge in [0, 0.05) is 12.2 Å². The Morgan fingerprint density at radius 3 is 1.23 bits per heavy atom. The van der Waals surface area contributed by atoms with Gasteiger partial charge in [-0.15, -0.1) is 0 Å². The lowest BCUT2D eigenvalue weighted by atomic mass is 9.68. The summed E-state index contributed by atoms with van der Waals surface area (Å²) < 4.78 is 60.5. The third kappa shape index (κ3) is 6.72. The van der Waals surface area contributed by atoms with Crippen LogP contribution in [0.4, 0.5) is 13.2 Å². The van der Waals surface area contributed by atoms with Gasteiger partial charge in [-0.3, -0.25) is 0 Å². The van der Waals surface area contributed by atoms with Crippen molar-refractivity contribution in [1.29, 1.82) is 0 Å². The molecule has 0 amide bonds. The summed E-state index contributed by atoms with van der Waals surface area (Å²) >= 11 is 0. The van der Waals surface area contributed by atoms with Crippen LogP contribution in [0.3, 0.4) is 0 Å². The maximum absolute atomic E-state index is 16.3. The molecule has 0 aromatic heterocycles. The molecule has 10 aromatic rings. The highest BCUT2D eigenvalue weighted by molar-refractivity contribution is 6.27. The topological polar surface area (TPSA) is 52.6 Å². The molecule has 0 radical (unpaired) electrons. The van der Waals surface area contributed by atoms with E-state index < -0.39 is 35.7 Å². The second kappa shape index (κ2) is 15.5. The molecule has 0 fully saturated rings. The van der Waals surface area contributed by atoms with E-state index in [9.17, 15) is 9.59 Å². The van der Waals surface area contributed by atoms with Crippen molar-refractivity contribution in [3.8, 4) is 33.4 Å². The average Bonchev–Trinajstić information content (AvgIpc) is 3.61. The Labute approximate surface area is 404 Å². The Kier molecular flexibility index (Phi) is 9.95. The van der Waals surface area contributed by atoms with Crippen molar-refractivity contribution in [2.24, 2.45) is 0 Å². The van der Waals surface area contributed by atoms with Gasteiger partial charge in [0.25, 0.3) is 0 Å². The van der Waals surface area contributed by atoms with Crippen molar-refractivity contribution in [3.05, 3.63) is 181 Å². The molecule has 0 aliphatic heterocycles. The third-order valence-electron chi connectivity index (χ3n) is 15.0. The number of halogens is 3. The Morgan fingerprint density at radius 2 is 0.843 bits per heavy atom. The smallest absolute Gasteiger partial charge is 0.426 e. The fraction of sp³-hybridized carbons (Fsp3) is 0.206. The molecule has 0 bridgehead atoms. The van der Waals surface area contributed by atoms with Crippen molar-refractivity contribution >= 4 is 76.6 Å². The summed E-state index contributed by atoms with van der Waals surface area (Å²) in [4.78, 5) is 26.6. The summed E-state index contributed by atoms with van der Waals surface area (Å²) in [6.45, 7) is 21.7. The van der Waals surface area contributed by atoms with E-state index in [1.54, 1.807) is 12.1 Å². The van der Waals surface area contributed by atoms with Crippen LogP contribution in [0.15, 0.2) is 159 Å². The van der Waals surface area contributed by atoms with Crippen LogP contribution in [0.5, 0.6) is 0 Å². The summed E-state index contributed by atoms with van der Waals surface area (Å²) in [5.74, 6) is -2.19. The molecule has 11 rings (SSSR count). The van der Waals surface area contributed by atoms with E-state index >= 15 is 13.2 Å². The van der Waals surface area contributed by atoms with Gasteiger partial charge >= 0.3 is 18.1 Å². The fourth-order valence-corrected chi connectivity index (χ4v) is 11.6. The van der Waals surface area contributed by atoms with Crippen LogP contribution in [0.25, 0.3) is 98.0 Å². The molecule has 0 spiro atoms. The van der Waals surface area contributed by atoms with Crippen LogP contribution in [0.2, 0.25) is 0 Å². The highest BCUT2D eigenvalue weighted by Gasteiger charge is 2.65. The molecule has 2 unspecified atom stereocenters. The zero-order chi connectivity index (χ0) is 49.4. The van der Waals surface area contributed by atoms with Crippen LogP contribution in [0, 0.1) is 0 Å². The van der Waals surface area contributed by atoms with Crippen molar-refractivity contribution in [2.45, 2.75) is 83.1 Å². The molecule has 1 aliphatic carbocycles. The molecular formula is C63H51F3O4. The maximum atomic E-state index is 16.3. The van der Waals surface area contributed by atoms with Gasteiger partial charge in [-0.05, 0) is 150 Å². The SMILES string of the molecule is C=CC(=O)OC(C)C1(C(OC(=O)C=C)C(F)(F)F)c2cc(-c3ccc4ccc5cc(C(C)(C)C)cc6ccc3c4c56)ccc2-c2ccc(-c3ccc4ccc5cc(C(C)(C)C)cc6ccc3c4c56)cc21. The Hall–Kier alpha value is -7.51. The molecule has 10 aromatic carbocycles. The average molecular weight is 929 g/mol. The molecule has 348 valence electrons. The van der Waals surface area contributed by atoms with E-state index in [1.807, 2.05) is 36.4 Å². The van der Waals surface area contributed by atoms with E-state index in [1.165, 1.54) is 18.1 Å². The summed E-state index contributed by atoms with van der Waals surface area (Å²) in [7, 11) is 0. The molecule has 0 saturated heterocycles. The largest absolute Gasteiger partial charge is 0.458 e. The lowest BCUT2D eigenvalue weighted by molar-refractivity contribution is -0.241. The minimum Gasteiger partial charge on any atom is -0.458 e. The van der Waals surface area contributed by atoms with Crippen LogP contribution < -0.4 is 0 Å². The van der Waals surface area contributed by atoms with Gasteiger partial charge in [0.15, 0.2) is 0 Å². The van der Waals surface area contributed by atoms with Crippen molar-refractivity contribution in [2.75, 3.05) is 0 Å². The van der Waals surface area contributed by atoms with Crippen LogP contribution >= 0.6 is 0 Å². The molecular weight excluding hydrogens is 878 g/mol. The number of hydrogen-bond acceptors (Lipinski definition) is 4. The second-order valence-electron chi connectivity index (χ2n) is 21.1. The van der Waals surface area contributed by atoms with Crippen LogP contribution in [-0.2, 0) is 35.3 Å². The van der Waals surface area contributed by atoms with Crippen molar-refractivity contribution in [1.82, 2.24) is 0 Å². The fourth-order valence-electron chi connectivity index (χ4n) is 11.6. The Bertz CT molecular complexity index is 3590. The number of carbonyl (C=O) groups excluding carboxylic acids is 2. The molecule has 0 N–H and O–H groups in total. The lowest BCUT2D eigenvalue weighted by Gasteiger charge is -2.43. The van der Waals surface area contributed by atoms with Crippen LogP contribution in [-0.4, -0.2) is 30.3 Å². The highest BCUT2D eigenvalue weighted by Crippen LogP contribution is 2.59. The van der Waals surface area contributed by atoms with Crippen LogP contribution in [0.1, 0.15) is 70.7 Å². The number of ether oxygens (including phenoxy) is 2. The molecule has 0 heterocycles. The molecule has 7 heteroatoms. The maximum Gasteiger partial charge on any atom is 0.426 e. The summed E-state index contributed by atoms with van der Waals surface area (Å²) in [5, 5.41) is 12.7. The van der Waals surface area contributed by atoms with E-state index in [2.05, 4.69) is 140 Å². The quantitative estimate of drug-likeness (QED) is 0.0865. The van der Waals surface area contributed by atoms with Gasteiger partial charge in [0.05, 0.1) is 0 Å². The predicted octanol–water partition coefficient (Wildman–Crippen LogP) is 16.5. The van der Waals surface area contributed by atoms with Gasteiger partial charge in [0.1, 0.15) is 11.5 Å². The van der Waals surface area contributed by atoms with Crippen molar-refractivity contribution < 1.29 is 32.2 Å². The number of carbonyl (C=O) groups is 2. The second-order valence-corrected chi connectivity index (χ2v) is 21.1. The number of alkyl halides is 3. The monoisotopic (exact) mass is 928 g/mol. The van der Waals surface area contributed by atoms with Gasteiger partial charge in [0.2, 0.25) is 6.10 Å². The number of rotatable bonds is 8. The normalized spacial score (nSPS) is 14.7. The first-order chi connectivity index (χ1) is 33.2. The molecule has 2 atom stereocenters. The molecule has 70 heavy (non-hydrogen) atoms. The summed E-state index contributed by atoms with van der Waals surface area (Å²) in [6.07, 6.45) is -7.90. The minimum absolute atomic E-state index is 0.0744. The standard InChI is InChI=1S/C63H51F3O4/c1-10-53(67)69-34(3)62(59(63(64,65)66)70-54(68)11-2)51-32-37(45-22-16-35-12-14-39-28-43(60(4,5)6)30-41-20-26-49(45)57(35)55(39)41)18-24-47(51)48-25-19-38(33-52(48)62)46-23-17-36-13-15-40-29-44(61(7,8)9)31-42-21-27-50(46)58(36)56(40)42/h10-34,59H,1-2H2,3-9H3. The van der Waals surface area contributed by atoms with Crippen molar-refractivity contribution in [3.63, 3.8) is 0 Å². The lowest BCUT2D eigenvalue weighted by Crippen LogP contribution is -2.57. The molecule has 0 saturated carbocycles. The first kappa shape index (κ1) is 45.0. The van der Waals surface area contributed by atoms with E-state index in [-0.39, 0.29) is 22.0 Å². The first-order valence-corrected chi connectivity index (χ1v) is 23.7. The van der Waals surface area contributed by atoms with Gasteiger partial charge < -0.3 is 9.47 Å². The zero-order valence-electron chi connectivity index (χ0n) is 40.2. The predicted molar refractivity (Wildman–Crippen MR) is 280 cm³/mol. The summed E-state index contributed by atoms with van der Waals surface area (Å²) in [5.41, 5.74) is 4.24. The zero-order valence-corrected chi connectivity index (χ0v) is 40.2. The van der Waals surface area contributed by atoms with Gasteiger partial charge in [-0.25, -0.2) is 9.59 Å². The number of hydrogen-bond donors (Lipinski definition) is 0. The van der Waals surface area contributed by atoms with E-state index in [4.69, 9.17) is 9.47 Å². The summed E-state index contributed by atoms with van der Waals surface area (Å²) in [6, 6.07) is 45.1. The first-order valence-electron chi connectivity index (χ1n) is 23.7. The third-order valence-corrected chi connectivity index (χ3v) is 15.0. The Morgan fingerprint density at radius 1 is 0.486 bits per heavy atom.